The molecule has 1 aliphatic rings. The first-order valence-electron chi connectivity index (χ1n) is 6.34. The van der Waals surface area contributed by atoms with Crippen molar-refractivity contribution in [3.8, 4) is 0 Å². The van der Waals surface area contributed by atoms with Gasteiger partial charge in [0.2, 0.25) is 0 Å². The van der Waals surface area contributed by atoms with Crippen LogP contribution in [-0.4, -0.2) is 28.9 Å². The smallest absolute Gasteiger partial charge is 0.0776 e. The number of nitrogens with zero attached hydrogens (tertiary/aromatic N) is 1. The fourth-order valence-corrected chi connectivity index (χ4v) is 2.63. The van der Waals surface area contributed by atoms with Crippen molar-refractivity contribution >= 4 is 17.3 Å². The quantitative estimate of drug-likeness (QED) is 0.868. The van der Waals surface area contributed by atoms with Crippen LogP contribution in [0, 0.1) is 0 Å². The minimum absolute atomic E-state index is 0.542. The molecule has 0 amide bonds. The molecule has 0 aliphatic carbocycles. The molecule has 0 saturated carbocycles. The van der Waals surface area contributed by atoms with Gasteiger partial charge in [-0.05, 0) is 44.4 Å². The maximum Gasteiger partial charge on any atom is 0.0776 e. The average molecular weight is 270 g/mol. The molecule has 0 aromatic heterocycles. The van der Waals surface area contributed by atoms with Crippen LogP contribution in [0.4, 0.5) is 5.69 Å². The second-order valence-corrected chi connectivity index (χ2v) is 5.77. The summed E-state index contributed by atoms with van der Waals surface area (Å²) in [4.78, 5) is 2.22. The molecule has 0 radical (unpaired) electrons. The molecular formula is C14H20ClNO2. The molecule has 1 aromatic rings. The van der Waals surface area contributed by atoms with Gasteiger partial charge in [-0.2, -0.15) is 0 Å². The molecule has 4 heteroatoms. The van der Waals surface area contributed by atoms with Crippen molar-refractivity contribution in [2.24, 2.45) is 0 Å². The van der Waals surface area contributed by atoms with Gasteiger partial charge in [-0.15, -0.1) is 0 Å². The Morgan fingerprint density at radius 1 is 1.33 bits per heavy atom. The number of hydrogen-bond acceptors (Lipinski definition) is 3. The predicted octanol–water partition coefficient (Wildman–Crippen LogP) is 2.74. The Hall–Kier alpha value is -0.770. The Morgan fingerprint density at radius 2 is 1.94 bits per heavy atom. The lowest BCUT2D eigenvalue weighted by Gasteiger charge is -2.37. The number of halogens is 1. The number of rotatable bonds is 2. The third-order valence-electron chi connectivity index (χ3n) is 3.64. The summed E-state index contributed by atoms with van der Waals surface area (Å²) in [6, 6.07) is 5.74. The molecule has 0 bridgehead atoms. The lowest BCUT2D eigenvalue weighted by atomic mass is 9.93. The van der Waals surface area contributed by atoms with Gasteiger partial charge in [0.1, 0.15) is 0 Å². The summed E-state index contributed by atoms with van der Waals surface area (Å²) in [6.07, 6.45) is 0.986. The Balaban J connectivity index is 2.13. The van der Waals surface area contributed by atoms with Crippen LogP contribution in [0.2, 0.25) is 5.02 Å². The minimum Gasteiger partial charge on any atom is -0.390 e. The third kappa shape index (κ3) is 2.97. The van der Waals surface area contributed by atoms with E-state index in [4.69, 9.17) is 11.6 Å². The summed E-state index contributed by atoms with van der Waals surface area (Å²) in [5.74, 6) is 0. The third-order valence-corrected chi connectivity index (χ3v) is 3.97. The van der Waals surface area contributed by atoms with Crippen LogP contribution in [0.25, 0.3) is 0 Å². The van der Waals surface area contributed by atoms with Crippen molar-refractivity contribution < 1.29 is 10.2 Å². The van der Waals surface area contributed by atoms with E-state index in [9.17, 15) is 10.2 Å². The summed E-state index contributed by atoms with van der Waals surface area (Å²) >= 11 is 6.16. The van der Waals surface area contributed by atoms with E-state index in [1.807, 2.05) is 25.1 Å². The molecule has 18 heavy (non-hydrogen) atoms. The average Bonchev–Trinajstić information content (AvgIpc) is 2.28. The largest absolute Gasteiger partial charge is 0.390 e. The summed E-state index contributed by atoms with van der Waals surface area (Å²) in [5, 5.41) is 20.1. The van der Waals surface area contributed by atoms with Crippen LogP contribution in [0.1, 0.15) is 38.4 Å². The van der Waals surface area contributed by atoms with Crippen molar-refractivity contribution in [3.63, 3.8) is 0 Å². The molecule has 1 unspecified atom stereocenters. The monoisotopic (exact) mass is 269 g/mol. The van der Waals surface area contributed by atoms with E-state index in [1.165, 1.54) is 0 Å². The molecule has 3 nitrogen and oxygen atoms in total. The number of aliphatic hydroxyl groups is 2. The van der Waals surface area contributed by atoms with E-state index in [0.29, 0.717) is 5.02 Å². The first-order chi connectivity index (χ1) is 8.39. The lowest BCUT2D eigenvalue weighted by Crippen LogP contribution is -2.42. The molecule has 0 spiro atoms. The van der Waals surface area contributed by atoms with E-state index in [0.717, 1.165) is 37.2 Å². The summed E-state index contributed by atoms with van der Waals surface area (Å²) in [5.41, 5.74) is 1.27. The Kier molecular flexibility index (Phi) is 3.85. The van der Waals surface area contributed by atoms with Crippen molar-refractivity contribution in [3.05, 3.63) is 28.8 Å². The van der Waals surface area contributed by atoms with Crippen LogP contribution in [0.15, 0.2) is 18.2 Å². The van der Waals surface area contributed by atoms with Crippen molar-refractivity contribution in [2.75, 3.05) is 18.0 Å². The summed E-state index contributed by atoms with van der Waals surface area (Å²) in [7, 11) is 0. The first kappa shape index (κ1) is 13.7. The maximum atomic E-state index is 9.92. The number of piperidine rings is 1. The Morgan fingerprint density at radius 3 is 2.44 bits per heavy atom. The minimum atomic E-state index is -0.548. The van der Waals surface area contributed by atoms with E-state index in [2.05, 4.69) is 4.90 Å². The van der Waals surface area contributed by atoms with E-state index < -0.39 is 11.7 Å². The van der Waals surface area contributed by atoms with Gasteiger partial charge in [0.25, 0.3) is 0 Å². The summed E-state index contributed by atoms with van der Waals surface area (Å²) in [6.45, 7) is 5.25. The fourth-order valence-electron chi connectivity index (χ4n) is 2.30. The molecule has 1 heterocycles. The number of hydrogen-bond donors (Lipinski definition) is 2. The van der Waals surface area contributed by atoms with Crippen molar-refractivity contribution in [2.45, 2.75) is 38.4 Å². The highest BCUT2D eigenvalue weighted by molar-refractivity contribution is 6.31. The second-order valence-electron chi connectivity index (χ2n) is 5.37. The van der Waals surface area contributed by atoms with Gasteiger partial charge in [-0.3, -0.25) is 0 Å². The van der Waals surface area contributed by atoms with Crippen LogP contribution in [0.3, 0.4) is 0 Å². The zero-order chi connectivity index (χ0) is 13.3. The highest BCUT2D eigenvalue weighted by Gasteiger charge is 2.27. The van der Waals surface area contributed by atoms with E-state index in [-0.39, 0.29) is 0 Å². The van der Waals surface area contributed by atoms with Gasteiger partial charge >= 0.3 is 0 Å². The van der Waals surface area contributed by atoms with Crippen molar-refractivity contribution in [1.29, 1.82) is 0 Å². The summed E-state index contributed by atoms with van der Waals surface area (Å²) < 4.78 is 0. The molecule has 1 atom stereocenters. The normalized spacial score (nSPS) is 20.8. The molecule has 2 rings (SSSR count). The van der Waals surface area contributed by atoms with E-state index in [1.54, 1.807) is 6.92 Å². The Bertz CT molecular complexity index is 422. The lowest BCUT2D eigenvalue weighted by molar-refractivity contribution is 0.0351. The van der Waals surface area contributed by atoms with Gasteiger partial charge in [-0.1, -0.05) is 17.7 Å². The predicted molar refractivity (Wildman–Crippen MR) is 74.2 cm³/mol. The number of anilines is 1. The van der Waals surface area contributed by atoms with Crippen LogP contribution >= 0.6 is 11.6 Å². The van der Waals surface area contributed by atoms with Gasteiger partial charge in [-0.25, -0.2) is 0 Å². The van der Waals surface area contributed by atoms with E-state index >= 15 is 0 Å². The molecule has 100 valence electrons. The zero-order valence-electron chi connectivity index (χ0n) is 10.9. The molecular weight excluding hydrogens is 250 g/mol. The molecule has 1 aliphatic heterocycles. The topological polar surface area (TPSA) is 43.7 Å². The highest BCUT2D eigenvalue weighted by atomic mass is 35.5. The second kappa shape index (κ2) is 5.08. The van der Waals surface area contributed by atoms with Crippen LogP contribution in [0.5, 0.6) is 0 Å². The SMILES string of the molecule is CC(O)c1ccc(N2CCC(C)(O)CC2)cc1Cl. The van der Waals surface area contributed by atoms with Crippen LogP contribution < -0.4 is 4.90 Å². The molecule has 1 fully saturated rings. The zero-order valence-corrected chi connectivity index (χ0v) is 11.6. The number of benzene rings is 1. The van der Waals surface area contributed by atoms with Gasteiger partial charge in [0.15, 0.2) is 0 Å². The van der Waals surface area contributed by atoms with Crippen LogP contribution in [-0.2, 0) is 0 Å². The molecule has 2 N–H and O–H groups in total. The fraction of sp³-hybridized carbons (Fsp3) is 0.571. The molecule has 1 saturated heterocycles. The highest BCUT2D eigenvalue weighted by Crippen LogP contribution is 2.31. The first-order valence-corrected chi connectivity index (χ1v) is 6.72. The van der Waals surface area contributed by atoms with Crippen molar-refractivity contribution in [1.82, 2.24) is 0 Å². The molecule has 1 aromatic carbocycles. The maximum absolute atomic E-state index is 9.92. The van der Waals surface area contributed by atoms with Gasteiger partial charge < -0.3 is 15.1 Å². The standard InChI is InChI=1S/C14H20ClNO2/c1-10(17)12-4-3-11(9-13(12)15)16-7-5-14(2,18)6-8-16/h3-4,9-10,17-18H,5-8H2,1-2H3. The van der Waals surface area contributed by atoms with Gasteiger partial charge in [0, 0.05) is 23.8 Å². The Labute approximate surface area is 113 Å². The van der Waals surface area contributed by atoms with Gasteiger partial charge in [0.05, 0.1) is 11.7 Å². The number of aliphatic hydroxyl groups excluding tert-OH is 1.